The molecule has 0 heterocycles. The normalized spacial score (nSPS) is 16.3. The lowest BCUT2D eigenvalue weighted by molar-refractivity contribution is 0.262. The van der Waals surface area contributed by atoms with Gasteiger partial charge in [0, 0.05) is 0 Å². The SMILES string of the molecule is CC(I)N(C)C(C)(C)I. The van der Waals surface area contributed by atoms with Gasteiger partial charge in [0.25, 0.3) is 0 Å². The standard InChI is InChI=1S/C6H13I2N/c1-5(7)9(4)6(2,3)8/h5H,1-4H3. The molecule has 0 rings (SSSR count). The molecule has 1 nitrogen and oxygen atoms in total. The molecule has 0 amide bonds. The highest BCUT2D eigenvalue weighted by atomic mass is 127. The minimum absolute atomic E-state index is 0.276. The summed E-state index contributed by atoms with van der Waals surface area (Å²) >= 11 is 4.85. The van der Waals surface area contributed by atoms with Crippen LogP contribution in [0.2, 0.25) is 0 Å². The third kappa shape index (κ3) is 3.98. The molecule has 3 heteroatoms. The topological polar surface area (TPSA) is 3.24 Å². The molecule has 0 N–H and O–H groups in total. The van der Waals surface area contributed by atoms with Crippen LogP contribution in [-0.4, -0.2) is 19.5 Å². The summed E-state index contributed by atoms with van der Waals surface area (Å²) in [5.74, 6) is 0. The zero-order valence-corrected chi connectivity index (χ0v) is 10.6. The summed E-state index contributed by atoms with van der Waals surface area (Å²) < 4.78 is 0.882. The number of hydrogen-bond donors (Lipinski definition) is 0. The van der Waals surface area contributed by atoms with E-state index in [0.717, 1.165) is 0 Å². The lowest BCUT2D eigenvalue weighted by atomic mass is 10.3. The average Bonchev–Trinajstić information content (AvgIpc) is 1.62. The lowest BCUT2D eigenvalue weighted by Gasteiger charge is -2.32. The molecule has 0 aromatic heterocycles. The van der Waals surface area contributed by atoms with Gasteiger partial charge in [0.05, 0.1) is 7.59 Å². The predicted octanol–water partition coefficient (Wildman–Crippen LogP) is 2.87. The maximum absolute atomic E-state index is 2.44. The highest BCUT2D eigenvalue weighted by Gasteiger charge is 2.21. The van der Waals surface area contributed by atoms with Crippen LogP contribution < -0.4 is 0 Å². The third-order valence-electron chi connectivity index (χ3n) is 1.37. The van der Waals surface area contributed by atoms with Crippen LogP contribution in [0.4, 0.5) is 0 Å². The van der Waals surface area contributed by atoms with E-state index in [1.807, 2.05) is 0 Å². The Morgan fingerprint density at radius 3 is 1.78 bits per heavy atom. The Kier molecular flexibility index (Phi) is 4.29. The Hall–Kier alpha value is 1.42. The summed E-state index contributed by atoms with van der Waals surface area (Å²) in [6.07, 6.45) is 0. The number of nitrogens with zero attached hydrogens (tertiary/aromatic N) is 1. The first kappa shape index (κ1) is 10.4. The van der Waals surface area contributed by atoms with E-state index in [4.69, 9.17) is 0 Å². The third-order valence-corrected chi connectivity index (χ3v) is 2.97. The Labute approximate surface area is 84.8 Å². The molecule has 0 aromatic carbocycles. The number of alkyl halides is 2. The van der Waals surface area contributed by atoms with Gasteiger partial charge in [-0.3, -0.25) is 4.90 Å². The van der Waals surface area contributed by atoms with Crippen molar-refractivity contribution in [3.8, 4) is 0 Å². The number of rotatable bonds is 2. The van der Waals surface area contributed by atoms with Crippen LogP contribution in [0.3, 0.4) is 0 Å². The number of hydrogen-bond acceptors (Lipinski definition) is 1. The minimum Gasteiger partial charge on any atom is -0.281 e. The fourth-order valence-electron chi connectivity index (χ4n) is 0.423. The first-order valence-corrected chi connectivity index (χ1v) is 5.24. The second-order valence-corrected chi connectivity index (χ2v) is 7.04. The molecule has 56 valence electrons. The zero-order valence-electron chi connectivity index (χ0n) is 6.28. The van der Waals surface area contributed by atoms with Gasteiger partial charge in [-0.2, -0.15) is 0 Å². The van der Waals surface area contributed by atoms with E-state index in [0.29, 0.717) is 4.05 Å². The van der Waals surface area contributed by atoms with Gasteiger partial charge in [0.15, 0.2) is 0 Å². The summed E-state index contributed by atoms with van der Waals surface area (Å²) in [6.45, 7) is 6.62. The monoisotopic (exact) mass is 353 g/mol. The molecule has 0 aliphatic rings. The van der Waals surface area contributed by atoms with E-state index in [-0.39, 0.29) is 3.55 Å². The molecule has 1 atom stereocenters. The van der Waals surface area contributed by atoms with Crippen LogP contribution in [-0.2, 0) is 0 Å². The van der Waals surface area contributed by atoms with Crippen molar-refractivity contribution >= 4 is 45.2 Å². The van der Waals surface area contributed by atoms with Gasteiger partial charge in [0.2, 0.25) is 0 Å². The molecule has 0 radical (unpaired) electrons. The fourth-order valence-corrected chi connectivity index (χ4v) is 2.07. The van der Waals surface area contributed by atoms with Crippen LogP contribution in [0.5, 0.6) is 0 Å². The Morgan fingerprint density at radius 1 is 1.44 bits per heavy atom. The van der Waals surface area contributed by atoms with E-state index in [1.54, 1.807) is 0 Å². The van der Waals surface area contributed by atoms with Crippen molar-refractivity contribution in [3.63, 3.8) is 0 Å². The second-order valence-electron chi connectivity index (χ2n) is 2.59. The van der Waals surface area contributed by atoms with Gasteiger partial charge in [0.1, 0.15) is 0 Å². The van der Waals surface area contributed by atoms with E-state index in [2.05, 4.69) is 77.9 Å². The Bertz CT molecular complexity index is 85.5. The molecule has 0 saturated heterocycles. The molecule has 0 fully saturated rings. The summed E-state index contributed by atoms with van der Waals surface area (Å²) in [6, 6.07) is 0. The van der Waals surface area contributed by atoms with Gasteiger partial charge in [-0.05, 0) is 27.8 Å². The van der Waals surface area contributed by atoms with Gasteiger partial charge in [-0.25, -0.2) is 0 Å². The van der Waals surface area contributed by atoms with Gasteiger partial charge < -0.3 is 0 Å². The molecule has 0 aliphatic carbocycles. The first-order valence-electron chi connectivity index (χ1n) is 2.91. The van der Waals surface area contributed by atoms with Crippen molar-refractivity contribution in [1.82, 2.24) is 4.90 Å². The number of halogens is 2. The minimum atomic E-state index is 0.276. The van der Waals surface area contributed by atoms with Crippen LogP contribution in [0.15, 0.2) is 0 Å². The highest BCUT2D eigenvalue weighted by molar-refractivity contribution is 14.1. The molecular weight excluding hydrogens is 340 g/mol. The largest absolute Gasteiger partial charge is 0.281 e. The van der Waals surface area contributed by atoms with E-state index in [9.17, 15) is 0 Å². The van der Waals surface area contributed by atoms with Crippen molar-refractivity contribution in [2.75, 3.05) is 7.05 Å². The highest BCUT2D eigenvalue weighted by Crippen LogP contribution is 2.24. The van der Waals surface area contributed by atoms with Crippen LogP contribution in [0.1, 0.15) is 20.8 Å². The van der Waals surface area contributed by atoms with Crippen molar-refractivity contribution in [3.05, 3.63) is 0 Å². The van der Waals surface area contributed by atoms with E-state index in [1.165, 1.54) is 0 Å². The quantitative estimate of drug-likeness (QED) is 0.419. The smallest absolute Gasteiger partial charge is 0.0679 e. The van der Waals surface area contributed by atoms with E-state index < -0.39 is 0 Å². The summed E-state index contributed by atoms with van der Waals surface area (Å²) in [5, 5.41) is 0. The Morgan fingerprint density at radius 2 is 1.78 bits per heavy atom. The molecule has 0 bridgehead atoms. The summed E-state index contributed by atoms with van der Waals surface area (Å²) in [4.78, 5) is 2.33. The average molecular weight is 353 g/mol. The molecule has 9 heavy (non-hydrogen) atoms. The van der Waals surface area contributed by atoms with E-state index >= 15 is 0 Å². The van der Waals surface area contributed by atoms with Crippen molar-refractivity contribution in [2.45, 2.75) is 28.4 Å². The molecule has 1 unspecified atom stereocenters. The molecule has 0 aliphatic heterocycles. The molecule has 0 spiro atoms. The summed E-state index contributed by atoms with van der Waals surface area (Å²) in [7, 11) is 2.14. The maximum Gasteiger partial charge on any atom is 0.0679 e. The van der Waals surface area contributed by atoms with Gasteiger partial charge >= 0.3 is 0 Å². The van der Waals surface area contributed by atoms with Crippen molar-refractivity contribution < 1.29 is 0 Å². The lowest BCUT2D eigenvalue weighted by Crippen LogP contribution is -2.38. The fraction of sp³-hybridized carbons (Fsp3) is 1.00. The van der Waals surface area contributed by atoms with Gasteiger partial charge in [-0.15, -0.1) is 0 Å². The molecular formula is C6H13I2N. The van der Waals surface area contributed by atoms with Crippen molar-refractivity contribution in [2.24, 2.45) is 0 Å². The van der Waals surface area contributed by atoms with Crippen LogP contribution >= 0.6 is 45.2 Å². The molecule has 0 saturated carbocycles. The zero-order chi connectivity index (χ0) is 7.65. The van der Waals surface area contributed by atoms with Crippen LogP contribution in [0, 0.1) is 0 Å². The Balaban J connectivity index is 3.88. The first-order chi connectivity index (χ1) is 3.85. The molecule has 0 aromatic rings. The summed E-state index contributed by atoms with van der Waals surface area (Å²) in [5.41, 5.74) is 0. The predicted molar refractivity (Wildman–Crippen MR) is 59.3 cm³/mol. The maximum atomic E-state index is 2.44. The van der Waals surface area contributed by atoms with Gasteiger partial charge in [-0.1, -0.05) is 45.2 Å². The second kappa shape index (κ2) is 3.71. The van der Waals surface area contributed by atoms with Crippen molar-refractivity contribution in [1.29, 1.82) is 0 Å². The van der Waals surface area contributed by atoms with Crippen LogP contribution in [0.25, 0.3) is 0 Å².